The number of nitrogens with zero attached hydrogens (tertiary/aromatic N) is 4. The summed E-state index contributed by atoms with van der Waals surface area (Å²) < 4.78 is 17.2. The van der Waals surface area contributed by atoms with Crippen molar-refractivity contribution in [3.63, 3.8) is 0 Å². The predicted octanol–water partition coefficient (Wildman–Crippen LogP) is 4.60. The molecule has 0 saturated heterocycles. The Bertz CT molecular complexity index is 1520. The molecule has 0 saturated carbocycles. The summed E-state index contributed by atoms with van der Waals surface area (Å²) in [7, 11) is 3.03. The van der Waals surface area contributed by atoms with Gasteiger partial charge in [-0.15, -0.1) is 0 Å². The molecule has 0 amide bonds. The van der Waals surface area contributed by atoms with E-state index < -0.39 is 5.97 Å². The number of carboxylic acid groups (broad SMARTS) is 1. The van der Waals surface area contributed by atoms with Gasteiger partial charge in [0.15, 0.2) is 11.5 Å². The summed E-state index contributed by atoms with van der Waals surface area (Å²) in [5.41, 5.74) is 7.70. The lowest BCUT2D eigenvalue weighted by atomic mass is 10.1. The van der Waals surface area contributed by atoms with E-state index in [-0.39, 0.29) is 17.6 Å². The van der Waals surface area contributed by atoms with Crippen molar-refractivity contribution in [3.05, 3.63) is 65.7 Å². The summed E-state index contributed by atoms with van der Waals surface area (Å²) in [6, 6.07) is 19.5. The minimum atomic E-state index is -0.833. The number of anilines is 3. The Hall–Kier alpha value is -5.55. The van der Waals surface area contributed by atoms with E-state index in [0.717, 1.165) is 17.7 Å². The number of nitriles is 2. The number of benzene rings is 3. The Balaban J connectivity index is 0.000000886. The van der Waals surface area contributed by atoms with Crippen molar-refractivity contribution in [2.45, 2.75) is 6.92 Å². The summed E-state index contributed by atoms with van der Waals surface area (Å²) in [6.45, 7) is 1.08. The van der Waals surface area contributed by atoms with Crippen LogP contribution in [-0.4, -0.2) is 35.3 Å². The van der Waals surface area contributed by atoms with Crippen LogP contribution in [0.15, 0.2) is 54.6 Å². The maximum atomic E-state index is 9.20. The lowest BCUT2D eigenvalue weighted by molar-refractivity contribution is -0.134. The van der Waals surface area contributed by atoms with E-state index in [4.69, 9.17) is 35.1 Å². The number of hydrogen-bond acceptors (Lipinski definition) is 10. The molecular weight excluding hydrogens is 476 g/mol. The number of nitrogens with two attached hydrogens (primary N) is 1. The minimum absolute atomic E-state index is 0.170. The Morgan fingerprint density at radius 1 is 0.946 bits per heavy atom. The molecule has 37 heavy (non-hydrogen) atoms. The van der Waals surface area contributed by atoms with E-state index in [2.05, 4.69) is 27.4 Å². The molecule has 3 aromatic carbocycles. The molecule has 4 N–H and O–H groups in total. The molecule has 0 spiro atoms. The number of carbonyl (C=O) groups is 1. The van der Waals surface area contributed by atoms with Gasteiger partial charge in [-0.2, -0.15) is 20.5 Å². The standard InChI is InChI=1S/C24H18N6O3.C2H4O2/c1-31-19-10-16-9-15(13-26)5-8-18(16)22(32-2)23(19)33-21-11-20(27)29-24(30-21)28-17-6-3-14(12-25)4-7-17;1-2(3)4/h3-11H,1-2H3,(H3,27,28,29,30);1H3,(H,3,4). The van der Waals surface area contributed by atoms with E-state index in [1.54, 1.807) is 48.5 Å². The first-order valence-electron chi connectivity index (χ1n) is 10.7. The van der Waals surface area contributed by atoms with Gasteiger partial charge in [-0.25, -0.2) is 0 Å². The molecule has 0 bridgehead atoms. The zero-order valence-corrected chi connectivity index (χ0v) is 20.1. The summed E-state index contributed by atoms with van der Waals surface area (Å²) >= 11 is 0. The van der Waals surface area contributed by atoms with Crippen LogP contribution in [0.1, 0.15) is 18.1 Å². The monoisotopic (exact) mass is 498 g/mol. The average Bonchev–Trinajstić information content (AvgIpc) is 2.87. The third kappa shape index (κ3) is 6.53. The number of nitrogen functional groups attached to an aromatic ring is 1. The van der Waals surface area contributed by atoms with Crippen molar-refractivity contribution in [2.75, 3.05) is 25.3 Å². The molecule has 11 heteroatoms. The largest absolute Gasteiger partial charge is 0.493 e. The van der Waals surface area contributed by atoms with Crippen LogP contribution in [0.5, 0.6) is 23.1 Å². The van der Waals surface area contributed by atoms with Crippen molar-refractivity contribution >= 4 is 34.2 Å². The second-order valence-electron chi connectivity index (χ2n) is 7.38. The molecule has 1 heterocycles. The number of methoxy groups -OCH3 is 2. The van der Waals surface area contributed by atoms with Gasteiger partial charge in [0.05, 0.1) is 37.5 Å². The van der Waals surface area contributed by atoms with E-state index in [0.29, 0.717) is 34.1 Å². The molecule has 11 nitrogen and oxygen atoms in total. The highest BCUT2D eigenvalue weighted by Crippen LogP contribution is 2.45. The lowest BCUT2D eigenvalue weighted by Crippen LogP contribution is -2.03. The molecule has 0 aliphatic carbocycles. The van der Waals surface area contributed by atoms with Crippen LogP contribution in [0.25, 0.3) is 10.8 Å². The Labute approximate surface area is 212 Å². The molecule has 0 aliphatic rings. The number of rotatable bonds is 6. The lowest BCUT2D eigenvalue weighted by Gasteiger charge is -2.16. The highest BCUT2D eigenvalue weighted by Gasteiger charge is 2.19. The topological polar surface area (TPSA) is 176 Å². The first kappa shape index (κ1) is 26.1. The number of fused-ring (bicyclic) bond motifs is 1. The molecule has 0 radical (unpaired) electrons. The molecule has 1 aromatic heterocycles. The quantitative estimate of drug-likeness (QED) is 0.338. The van der Waals surface area contributed by atoms with Gasteiger partial charge in [-0.05, 0) is 53.9 Å². The van der Waals surface area contributed by atoms with Gasteiger partial charge in [0.1, 0.15) is 5.82 Å². The van der Waals surface area contributed by atoms with Gasteiger partial charge in [0.25, 0.3) is 5.97 Å². The second kappa shape index (κ2) is 11.7. The Kier molecular flexibility index (Phi) is 8.26. The van der Waals surface area contributed by atoms with Crippen LogP contribution in [0.2, 0.25) is 0 Å². The van der Waals surface area contributed by atoms with Gasteiger partial charge in [0, 0.05) is 24.1 Å². The molecule has 0 unspecified atom stereocenters. The van der Waals surface area contributed by atoms with Crippen LogP contribution < -0.4 is 25.3 Å². The van der Waals surface area contributed by atoms with Gasteiger partial charge in [0.2, 0.25) is 17.6 Å². The molecule has 0 aliphatic heterocycles. The highest BCUT2D eigenvalue weighted by atomic mass is 16.5. The third-order valence-electron chi connectivity index (χ3n) is 4.77. The predicted molar refractivity (Wildman–Crippen MR) is 136 cm³/mol. The van der Waals surface area contributed by atoms with Crippen molar-refractivity contribution < 1.29 is 24.1 Å². The van der Waals surface area contributed by atoms with Crippen molar-refractivity contribution in [2.24, 2.45) is 0 Å². The first-order chi connectivity index (χ1) is 17.8. The zero-order chi connectivity index (χ0) is 26.9. The fraction of sp³-hybridized carbons (Fsp3) is 0.115. The van der Waals surface area contributed by atoms with Gasteiger partial charge < -0.3 is 30.4 Å². The van der Waals surface area contributed by atoms with Crippen molar-refractivity contribution in [3.8, 4) is 35.3 Å². The molecule has 0 fully saturated rings. The summed E-state index contributed by atoms with van der Waals surface area (Å²) in [4.78, 5) is 17.6. The highest BCUT2D eigenvalue weighted by molar-refractivity contribution is 5.94. The third-order valence-corrected chi connectivity index (χ3v) is 4.77. The fourth-order valence-corrected chi connectivity index (χ4v) is 3.26. The first-order valence-corrected chi connectivity index (χ1v) is 10.7. The van der Waals surface area contributed by atoms with Crippen LogP contribution in [-0.2, 0) is 4.79 Å². The van der Waals surface area contributed by atoms with E-state index in [1.165, 1.54) is 20.3 Å². The summed E-state index contributed by atoms with van der Waals surface area (Å²) in [5, 5.41) is 30.1. The fourth-order valence-electron chi connectivity index (χ4n) is 3.26. The average molecular weight is 498 g/mol. The van der Waals surface area contributed by atoms with Gasteiger partial charge in [-0.1, -0.05) is 0 Å². The van der Waals surface area contributed by atoms with Gasteiger partial charge >= 0.3 is 0 Å². The summed E-state index contributed by atoms with van der Waals surface area (Å²) in [5.74, 6) is 0.865. The van der Waals surface area contributed by atoms with Crippen LogP contribution in [0, 0.1) is 22.7 Å². The minimum Gasteiger partial charge on any atom is -0.493 e. The maximum Gasteiger partial charge on any atom is 0.300 e. The molecule has 4 rings (SSSR count). The second-order valence-corrected chi connectivity index (χ2v) is 7.38. The van der Waals surface area contributed by atoms with Crippen molar-refractivity contribution in [1.82, 2.24) is 9.97 Å². The molecule has 0 atom stereocenters. The maximum absolute atomic E-state index is 9.20. The Morgan fingerprint density at radius 2 is 1.59 bits per heavy atom. The summed E-state index contributed by atoms with van der Waals surface area (Å²) in [6.07, 6.45) is 0. The number of aliphatic carboxylic acids is 1. The molecule has 186 valence electrons. The number of carboxylic acids is 1. The van der Waals surface area contributed by atoms with E-state index in [1.807, 2.05) is 0 Å². The van der Waals surface area contributed by atoms with E-state index in [9.17, 15) is 5.26 Å². The van der Waals surface area contributed by atoms with E-state index >= 15 is 0 Å². The normalized spacial score (nSPS) is 9.76. The van der Waals surface area contributed by atoms with Crippen LogP contribution >= 0.6 is 0 Å². The SMILES string of the molecule is CC(=O)O.COc1cc2cc(C#N)ccc2c(OC)c1Oc1cc(N)nc(Nc2ccc(C#N)cc2)n1. The van der Waals surface area contributed by atoms with Gasteiger partial charge in [-0.3, -0.25) is 4.79 Å². The number of aromatic nitrogens is 2. The number of ether oxygens (including phenoxy) is 3. The van der Waals surface area contributed by atoms with Crippen molar-refractivity contribution in [1.29, 1.82) is 10.5 Å². The van der Waals surface area contributed by atoms with Crippen LogP contribution in [0.4, 0.5) is 17.5 Å². The zero-order valence-electron chi connectivity index (χ0n) is 20.1. The number of nitrogens with one attached hydrogen (secondary N) is 1. The molecule has 4 aromatic rings. The van der Waals surface area contributed by atoms with Crippen LogP contribution in [0.3, 0.4) is 0 Å². The smallest absolute Gasteiger partial charge is 0.300 e. The number of hydrogen-bond donors (Lipinski definition) is 3. The molecular formula is C26H22N6O5. The Morgan fingerprint density at radius 3 is 2.19 bits per heavy atom.